The van der Waals surface area contributed by atoms with Crippen molar-refractivity contribution in [3.05, 3.63) is 142 Å². The van der Waals surface area contributed by atoms with Gasteiger partial charge in [-0.15, -0.1) is 11.3 Å². The topological polar surface area (TPSA) is 60.9 Å². The van der Waals surface area contributed by atoms with Gasteiger partial charge in [0.05, 0.1) is 16.7 Å². The lowest BCUT2D eigenvalue weighted by molar-refractivity contribution is 0.0927. The van der Waals surface area contributed by atoms with Gasteiger partial charge in [0, 0.05) is 53.9 Å². The molecule has 0 aliphatic carbocycles. The summed E-state index contributed by atoms with van der Waals surface area (Å²) in [5, 5.41) is 0.877. The molecule has 0 spiro atoms. The van der Waals surface area contributed by atoms with Gasteiger partial charge in [-0.05, 0) is 59.7 Å². The van der Waals surface area contributed by atoms with Crippen molar-refractivity contribution in [3.63, 3.8) is 0 Å². The molecule has 3 heterocycles. The molecule has 0 N–H and O–H groups in total. The van der Waals surface area contributed by atoms with Gasteiger partial charge in [0.15, 0.2) is 5.78 Å². The lowest BCUT2D eigenvalue weighted by Crippen LogP contribution is -2.46. The Bertz CT molecular complexity index is 1830. The monoisotopic (exact) mass is 617 g/mol. The molecule has 2 aliphatic heterocycles. The third kappa shape index (κ3) is 5.13. The van der Waals surface area contributed by atoms with Crippen molar-refractivity contribution in [3.8, 4) is 10.4 Å². The summed E-state index contributed by atoms with van der Waals surface area (Å²) in [5.41, 5.74) is 4.46. The summed E-state index contributed by atoms with van der Waals surface area (Å²) in [6.07, 6.45) is 0. The molecule has 0 bridgehead atoms. The quantitative estimate of drug-likeness (QED) is 0.140. The van der Waals surface area contributed by atoms with Gasteiger partial charge < -0.3 is 4.90 Å². The number of hydrogen-bond acceptors (Lipinski definition) is 6. The number of imide groups is 1. The molecule has 1 saturated heterocycles. The van der Waals surface area contributed by atoms with E-state index in [0.717, 1.165) is 42.2 Å². The van der Waals surface area contributed by atoms with Crippen molar-refractivity contribution in [2.24, 2.45) is 0 Å². The van der Waals surface area contributed by atoms with Crippen LogP contribution in [0.2, 0.25) is 5.02 Å². The van der Waals surface area contributed by atoms with Gasteiger partial charge in [-0.25, -0.2) is 4.90 Å². The van der Waals surface area contributed by atoms with Crippen LogP contribution in [0.1, 0.15) is 42.2 Å². The Kier molecular flexibility index (Phi) is 7.60. The minimum atomic E-state index is -0.417. The molecular formula is C36H28ClN3O3S. The lowest BCUT2D eigenvalue weighted by atomic mass is 9.97. The van der Waals surface area contributed by atoms with Gasteiger partial charge in [-0.2, -0.15) is 0 Å². The summed E-state index contributed by atoms with van der Waals surface area (Å²) >= 11 is 7.50. The molecule has 2 amide bonds. The molecule has 0 radical (unpaired) electrons. The fraction of sp³-hybridized carbons (Fsp3) is 0.139. The Labute approximate surface area is 264 Å². The molecule has 5 aromatic rings. The predicted octanol–water partition coefficient (Wildman–Crippen LogP) is 7.42. The van der Waals surface area contributed by atoms with Crippen LogP contribution < -0.4 is 9.80 Å². The van der Waals surface area contributed by atoms with Crippen LogP contribution in [0.3, 0.4) is 0 Å². The second kappa shape index (κ2) is 11.8. The number of halogens is 1. The lowest BCUT2D eigenvalue weighted by Gasteiger charge is -2.36. The Morgan fingerprint density at radius 1 is 0.705 bits per heavy atom. The van der Waals surface area contributed by atoms with Crippen LogP contribution in [0.25, 0.3) is 10.4 Å². The Balaban J connectivity index is 1.34. The molecule has 6 nitrogen and oxygen atoms in total. The van der Waals surface area contributed by atoms with Crippen LogP contribution in [0.15, 0.2) is 109 Å². The van der Waals surface area contributed by atoms with Crippen molar-refractivity contribution in [2.75, 3.05) is 36.0 Å². The van der Waals surface area contributed by atoms with E-state index in [0.29, 0.717) is 38.8 Å². The molecule has 1 aromatic heterocycles. The number of benzene rings is 4. The SMILES string of the molecule is O=C(c1ccc(Cl)cc1)c1c(N2C(=O)c3ccccc3C2=O)sc(-c2ccccc2)c1CN1CCN(c2ccccc2)CC1. The van der Waals surface area contributed by atoms with E-state index in [1.807, 2.05) is 36.4 Å². The second-order valence-corrected chi connectivity index (χ2v) is 12.3. The third-order valence-corrected chi connectivity index (χ3v) is 9.75. The van der Waals surface area contributed by atoms with Crippen molar-refractivity contribution in [1.82, 2.24) is 4.90 Å². The summed E-state index contributed by atoms with van der Waals surface area (Å²) in [5.74, 6) is -1.08. The van der Waals surface area contributed by atoms with Gasteiger partial charge in [0.2, 0.25) is 0 Å². The van der Waals surface area contributed by atoms with Crippen LogP contribution in [0, 0.1) is 0 Å². The number of piperazine rings is 1. The number of carbonyl (C=O) groups excluding carboxylic acids is 3. The molecule has 0 unspecified atom stereocenters. The molecule has 4 aromatic carbocycles. The molecule has 0 atom stereocenters. The van der Waals surface area contributed by atoms with Crippen LogP contribution in [-0.4, -0.2) is 48.7 Å². The molecule has 44 heavy (non-hydrogen) atoms. The average Bonchev–Trinajstić information content (AvgIpc) is 3.55. The number of para-hydroxylation sites is 1. The zero-order valence-corrected chi connectivity index (χ0v) is 25.4. The van der Waals surface area contributed by atoms with Crippen molar-refractivity contribution >= 4 is 51.2 Å². The van der Waals surface area contributed by atoms with Gasteiger partial charge in [-0.1, -0.05) is 72.3 Å². The molecule has 1 fully saturated rings. The molecule has 218 valence electrons. The van der Waals surface area contributed by atoms with E-state index in [2.05, 4.69) is 34.1 Å². The number of amides is 2. The number of ketones is 1. The number of anilines is 2. The highest BCUT2D eigenvalue weighted by atomic mass is 35.5. The summed E-state index contributed by atoms with van der Waals surface area (Å²) in [6.45, 7) is 3.80. The average molecular weight is 618 g/mol. The highest BCUT2D eigenvalue weighted by molar-refractivity contribution is 7.20. The van der Waals surface area contributed by atoms with Crippen LogP contribution in [-0.2, 0) is 6.54 Å². The molecule has 7 rings (SSSR count). The second-order valence-electron chi connectivity index (χ2n) is 10.9. The predicted molar refractivity (Wildman–Crippen MR) is 176 cm³/mol. The maximum Gasteiger partial charge on any atom is 0.266 e. The van der Waals surface area contributed by atoms with Crippen LogP contribution >= 0.6 is 22.9 Å². The first-order chi connectivity index (χ1) is 21.5. The molecule has 2 aliphatic rings. The van der Waals surface area contributed by atoms with Crippen molar-refractivity contribution in [2.45, 2.75) is 6.54 Å². The highest BCUT2D eigenvalue weighted by Gasteiger charge is 2.41. The maximum atomic E-state index is 14.5. The number of rotatable bonds is 7. The summed E-state index contributed by atoms with van der Waals surface area (Å²) in [7, 11) is 0. The van der Waals surface area contributed by atoms with Crippen molar-refractivity contribution < 1.29 is 14.4 Å². The number of thiophene rings is 1. The molecular weight excluding hydrogens is 590 g/mol. The van der Waals surface area contributed by atoms with Gasteiger partial charge in [0.25, 0.3) is 11.8 Å². The summed E-state index contributed by atoms with van der Waals surface area (Å²) < 4.78 is 0. The van der Waals surface area contributed by atoms with E-state index in [9.17, 15) is 14.4 Å². The minimum absolute atomic E-state index is 0.246. The third-order valence-electron chi connectivity index (χ3n) is 8.23. The smallest absolute Gasteiger partial charge is 0.266 e. The number of hydrogen-bond donors (Lipinski definition) is 0. The molecule has 8 heteroatoms. The van der Waals surface area contributed by atoms with Gasteiger partial charge >= 0.3 is 0 Å². The first kappa shape index (κ1) is 28.2. The standard InChI is InChI=1S/C36H28ClN3O3S/c37-26-17-15-24(16-18-26)32(41)31-30(23-38-19-21-39(22-20-38)27-11-5-2-6-12-27)33(25-9-3-1-4-10-25)44-36(31)40-34(42)28-13-7-8-14-29(28)35(40)43/h1-18H,19-23H2. The summed E-state index contributed by atoms with van der Waals surface area (Å²) in [4.78, 5) is 48.7. The highest BCUT2D eigenvalue weighted by Crippen LogP contribution is 2.46. The van der Waals surface area contributed by atoms with E-state index < -0.39 is 11.8 Å². The van der Waals surface area contributed by atoms with E-state index >= 15 is 0 Å². The zero-order chi connectivity index (χ0) is 30.2. The fourth-order valence-corrected chi connectivity index (χ4v) is 7.40. The zero-order valence-electron chi connectivity index (χ0n) is 23.8. The van der Waals surface area contributed by atoms with E-state index in [1.54, 1.807) is 48.5 Å². The fourth-order valence-electron chi connectivity index (χ4n) is 5.96. The molecule has 0 saturated carbocycles. The normalized spacial score (nSPS) is 15.1. The number of nitrogens with zero attached hydrogens (tertiary/aromatic N) is 3. The first-order valence-electron chi connectivity index (χ1n) is 14.5. The van der Waals surface area contributed by atoms with E-state index in [1.165, 1.54) is 21.9 Å². The first-order valence-corrected chi connectivity index (χ1v) is 15.7. The van der Waals surface area contributed by atoms with Gasteiger partial charge in [0.1, 0.15) is 5.00 Å². The maximum absolute atomic E-state index is 14.5. The summed E-state index contributed by atoms with van der Waals surface area (Å²) in [6, 6.07) is 33.8. The van der Waals surface area contributed by atoms with Crippen LogP contribution in [0.5, 0.6) is 0 Å². The van der Waals surface area contributed by atoms with Gasteiger partial charge in [-0.3, -0.25) is 19.3 Å². The largest absolute Gasteiger partial charge is 0.369 e. The Morgan fingerprint density at radius 3 is 1.89 bits per heavy atom. The number of fused-ring (bicyclic) bond motifs is 1. The number of carbonyl (C=O) groups is 3. The Morgan fingerprint density at radius 2 is 1.27 bits per heavy atom. The van der Waals surface area contributed by atoms with E-state index in [4.69, 9.17) is 11.6 Å². The minimum Gasteiger partial charge on any atom is -0.369 e. The van der Waals surface area contributed by atoms with Crippen molar-refractivity contribution in [1.29, 1.82) is 0 Å². The van der Waals surface area contributed by atoms with Crippen LogP contribution in [0.4, 0.5) is 10.7 Å². The van der Waals surface area contributed by atoms with E-state index in [-0.39, 0.29) is 5.78 Å². The Hall–Kier alpha value is -4.56.